The van der Waals surface area contributed by atoms with Gasteiger partial charge in [-0.15, -0.1) is 0 Å². The number of nitrogens with zero attached hydrogens (tertiary/aromatic N) is 1. The second-order valence-corrected chi connectivity index (χ2v) is 3.02. The van der Waals surface area contributed by atoms with E-state index in [9.17, 15) is 15.2 Å². The molecule has 0 aliphatic rings. The van der Waals surface area contributed by atoms with Gasteiger partial charge in [0.05, 0.1) is 11.0 Å². The van der Waals surface area contributed by atoms with Crippen molar-refractivity contribution in [1.29, 1.82) is 0 Å². The van der Waals surface area contributed by atoms with E-state index in [4.69, 9.17) is 5.73 Å². The van der Waals surface area contributed by atoms with E-state index in [1.165, 1.54) is 12.1 Å². The van der Waals surface area contributed by atoms with Gasteiger partial charge >= 0.3 is 0 Å². The highest BCUT2D eigenvalue weighted by Gasteiger charge is 2.06. The Morgan fingerprint density at radius 3 is 2.43 bits per heavy atom. The normalized spacial score (nSPS) is 12.4. The van der Waals surface area contributed by atoms with Gasteiger partial charge < -0.3 is 10.8 Å². The molecule has 0 aliphatic heterocycles. The van der Waals surface area contributed by atoms with Crippen molar-refractivity contribution in [1.82, 2.24) is 0 Å². The average Bonchev–Trinajstić information content (AvgIpc) is 2.18. The minimum atomic E-state index is -0.587. The molecule has 0 amide bonds. The van der Waals surface area contributed by atoms with Crippen LogP contribution in [0.3, 0.4) is 0 Å². The lowest BCUT2D eigenvalue weighted by Gasteiger charge is -2.06. The van der Waals surface area contributed by atoms with Crippen molar-refractivity contribution >= 4 is 5.69 Å². The molecule has 0 aromatic heterocycles. The highest BCUT2D eigenvalue weighted by atomic mass is 16.6. The lowest BCUT2D eigenvalue weighted by atomic mass is 10.1. The van der Waals surface area contributed by atoms with Gasteiger partial charge in [0.1, 0.15) is 0 Å². The van der Waals surface area contributed by atoms with Crippen LogP contribution in [-0.2, 0) is 6.42 Å². The number of rotatable bonds is 4. The summed E-state index contributed by atoms with van der Waals surface area (Å²) in [6.07, 6.45) is -0.162. The number of aliphatic hydroxyl groups is 1. The SMILES string of the molecule is NCC(O)Cc1ccc([N+](=O)[O-])cc1. The molecule has 0 fully saturated rings. The summed E-state index contributed by atoms with van der Waals surface area (Å²) in [6, 6.07) is 6.07. The zero-order valence-corrected chi connectivity index (χ0v) is 7.59. The fraction of sp³-hybridized carbons (Fsp3) is 0.333. The van der Waals surface area contributed by atoms with E-state index < -0.39 is 11.0 Å². The number of aliphatic hydroxyl groups excluding tert-OH is 1. The third kappa shape index (κ3) is 2.79. The van der Waals surface area contributed by atoms with Crippen molar-refractivity contribution in [2.45, 2.75) is 12.5 Å². The molecule has 14 heavy (non-hydrogen) atoms. The smallest absolute Gasteiger partial charge is 0.269 e. The van der Waals surface area contributed by atoms with Crippen LogP contribution in [0.2, 0.25) is 0 Å². The fourth-order valence-electron chi connectivity index (χ4n) is 1.11. The van der Waals surface area contributed by atoms with Crippen LogP contribution in [0, 0.1) is 10.1 Å². The van der Waals surface area contributed by atoms with Gasteiger partial charge in [0.25, 0.3) is 5.69 Å². The standard InChI is InChI=1S/C9H12N2O3/c10-6-9(12)5-7-1-3-8(4-2-7)11(13)14/h1-4,9,12H,5-6,10H2. The highest BCUT2D eigenvalue weighted by Crippen LogP contribution is 2.12. The van der Waals surface area contributed by atoms with Crippen LogP contribution >= 0.6 is 0 Å². The van der Waals surface area contributed by atoms with E-state index in [0.717, 1.165) is 5.56 Å². The third-order valence-electron chi connectivity index (χ3n) is 1.89. The third-order valence-corrected chi connectivity index (χ3v) is 1.89. The van der Waals surface area contributed by atoms with Crippen LogP contribution in [0.4, 0.5) is 5.69 Å². The molecule has 76 valence electrons. The molecule has 1 aromatic carbocycles. The summed E-state index contributed by atoms with van der Waals surface area (Å²) < 4.78 is 0. The summed E-state index contributed by atoms with van der Waals surface area (Å²) in [7, 11) is 0. The van der Waals surface area contributed by atoms with Crippen LogP contribution in [0.25, 0.3) is 0 Å². The summed E-state index contributed by atoms with van der Waals surface area (Å²) in [5, 5.41) is 19.6. The maximum atomic E-state index is 10.3. The number of nitro groups is 1. The molecule has 1 rings (SSSR count). The van der Waals surface area contributed by atoms with Crippen molar-refractivity contribution in [2.75, 3.05) is 6.54 Å². The number of hydrogen-bond donors (Lipinski definition) is 2. The number of nitro benzene ring substituents is 1. The summed E-state index contributed by atoms with van der Waals surface area (Å²) >= 11 is 0. The molecular weight excluding hydrogens is 184 g/mol. The molecular formula is C9H12N2O3. The van der Waals surface area contributed by atoms with Crippen molar-refractivity contribution in [3.63, 3.8) is 0 Å². The molecule has 0 aliphatic carbocycles. The fourth-order valence-corrected chi connectivity index (χ4v) is 1.11. The number of nitrogens with two attached hydrogens (primary N) is 1. The molecule has 5 heteroatoms. The quantitative estimate of drug-likeness (QED) is 0.540. The molecule has 3 N–H and O–H groups in total. The topological polar surface area (TPSA) is 89.4 Å². The number of benzene rings is 1. The van der Waals surface area contributed by atoms with Crippen LogP contribution in [0.1, 0.15) is 5.56 Å². The Morgan fingerprint density at radius 2 is 2.00 bits per heavy atom. The van der Waals surface area contributed by atoms with Crippen LogP contribution < -0.4 is 5.73 Å². The van der Waals surface area contributed by atoms with Gasteiger partial charge in [-0.25, -0.2) is 0 Å². The van der Waals surface area contributed by atoms with E-state index in [2.05, 4.69) is 0 Å². The minimum Gasteiger partial charge on any atom is -0.391 e. The predicted octanol–water partition coefficient (Wildman–Crippen LogP) is 0.457. The van der Waals surface area contributed by atoms with E-state index in [1.807, 2.05) is 0 Å². The van der Waals surface area contributed by atoms with Gasteiger partial charge in [0, 0.05) is 18.7 Å². The van der Waals surface area contributed by atoms with Gasteiger partial charge in [-0.1, -0.05) is 12.1 Å². The van der Waals surface area contributed by atoms with Crippen molar-refractivity contribution in [2.24, 2.45) is 5.73 Å². The maximum Gasteiger partial charge on any atom is 0.269 e. The van der Waals surface area contributed by atoms with Gasteiger partial charge in [0.15, 0.2) is 0 Å². The summed E-state index contributed by atoms with van der Waals surface area (Å²) in [4.78, 5) is 9.87. The Kier molecular flexibility index (Phi) is 3.55. The Morgan fingerprint density at radius 1 is 1.43 bits per heavy atom. The molecule has 5 nitrogen and oxygen atoms in total. The molecule has 1 aromatic rings. The van der Waals surface area contributed by atoms with E-state index in [-0.39, 0.29) is 12.2 Å². The predicted molar refractivity (Wildman–Crippen MR) is 51.9 cm³/mol. The number of hydrogen-bond acceptors (Lipinski definition) is 4. The van der Waals surface area contributed by atoms with Gasteiger partial charge in [0.2, 0.25) is 0 Å². The second-order valence-electron chi connectivity index (χ2n) is 3.02. The summed E-state index contributed by atoms with van der Waals surface area (Å²) in [5.74, 6) is 0. The van der Waals surface area contributed by atoms with Crippen molar-refractivity contribution < 1.29 is 10.0 Å². The van der Waals surface area contributed by atoms with E-state index >= 15 is 0 Å². The first-order chi connectivity index (χ1) is 6.63. The maximum absolute atomic E-state index is 10.3. The molecule has 0 saturated heterocycles. The first kappa shape index (κ1) is 10.6. The van der Waals surface area contributed by atoms with E-state index in [1.54, 1.807) is 12.1 Å². The average molecular weight is 196 g/mol. The van der Waals surface area contributed by atoms with Gasteiger partial charge in [-0.05, 0) is 12.0 Å². The largest absolute Gasteiger partial charge is 0.391 e. The van der Waals surface area contributed by atoms with Crippen LogP contribution in [0.15, 0.2) is 24.3 Å². The van der Waals surface area contributed by atoms with Crippen molar-refractivity contribution in [3.8, 4) is 0 Å². The highest BCUT2D eigenvalue weighted by molar-refractivity contribution is 5.33. The molecule has 0 radical (unpaired) electrons. The Hall–Kier alpha value is -1.46. The second kappa shape index (κ2) is 4.69. The zero-order valence-electron chi connectivity index (χ0n) is 7.59. The first-order valence-corrected chi connectivity index (χ1v) is 4.25. The zero-order chi connectivity index (χ0) is 10.6. The van der Waals surface area contributed by atoms with Gasteiger partial charge in [-0.2, -0.15) is 0 Å². The van der Waals surface area contributed by atoms with Crippen LogP contribution in [0.5, 0.6) is 0 Å². The Bertz CT molecular complexity index is 310. The Balaban J connectivity index is 2.68. The summed E-state index contributed by atoms with van der Waals surface area (Å²) in [5.41, 5.74) is 6.13. The molecule has 0 spiro atoms. The lowest BCUT2D eigenvalue weighted by Crippen LogP contribution is -2.21. The molecule has 0 saturated carbocycles. The lowest BCUT2D eigenvalue weighted by molar-refractivity contribution is -0.384. The molecule has 1 atom stereocenters. The first-order valence-electron chi connectivity index (χ1n) is 4.25. The number of non-ortho nitro benzene ring substituents is 1. The van der Waals surface area contributed by atoms with Gasteiger partial charge in [-0.3, -0.25) is 10.1 Å². The monoisotopic (exact) mass is 196 g/mol. The minimum absolute atomic E-state index is 0.0518. The van der Waals surface area contributed by atoms with Crippen molar-refractivity contribution in [3.05, 3.63) is 39.9 Å². The molecule has 0 bridgehead atoms. The Labute approximate surface area is 81.3 Å². The van der Waals surface area contributed by atoms with Crippen LogP contribution in [-0.4, -0.2) is 22.7 Å². The van der Waals surface area contributed by atoms with E-state index in [0.29, 0.717) is 6.42 Å². The molecule has 1 unspecified atom stereocenters. The molecule has 0 heterocycles. The summed E-state index contributed by atoms with van der Waals surface area (Å²) in [6.45, 7) is 0.191.